The predicted molar refractivity (Wildman–Crippen MR) is 23.4 cm³/mol. The minimum atomic E-state index is -0.417. The molecule has 2 radical (unpaired) electrons. The van der Waals surface area contributed by atoms with Gasteiger partial charge in [0.15, 0.2) is 0 Å². The van der Waals surface area contributed by atoms with Gasteiger partial charge in [-0.25, -0.2) is 0 Å². The Morgan fingerprint density at radius 3 is 1.60 bits per heavy atom. The summed E-state index contributed by atoms with van der Waals surface area (Å²) in [6, 6.07) is 0. The second kappa shape index (κ2) is 3.66. The molecule has 0 aliphatic carbocycles. The van der Waals surface area contributed by atoms with Crippen LogP contribution in [0.4, 0.5) is 0 Å². The zero-order valence-corrected chi connectivity index (χ0v) is 4.75. The van der Waals surface area contributed by atoms with Crippen molar-refractivity contribution in [2.45, 2.75) is 0 Å². The summed E-state index contributed by atoms with van der Waals surface area (Å²) >= 11 is -0.417. The maximum absolute atomic E-state index is 4.80. The Kier molecular flexibility index (Phi) is 3.42. The van der Waals surface area contributed by atoms with E-state index in [0.717, 1.165) is 0 Å². The second-order valence-corrected chi connectivity index (χ2v) is 2.15. The Morgan fingerprint density at radius 1 is 1.20 bits per heavy atom. The number of hydrogen-bond donors (Lipinski definition) is 0. The van der Waals surface area contributed by atoms with Crippen LogP contribution in [0, 0.1) is 22.4 Å². The number of hydrogen-bond acceptors (Lipinski definition) is 0. The molecule has 5 heavy (non-hydrogen) atoms. The molecule has 0 heterocycles. The zero-order valence-electron chi connectivity index (χ0n) is 2.65. The van der Waals surface area contributed by atoms with Crippen molar-refractivity contribution in [2.24, 2.45) is 0 Å². The van der Waals surface area contributed by atoms with Gasteiger partial charge in [0.05, 0.1) is 0 Å². The first kappa shape index (κ1) is 4.66. The first-order valence-corrected chi connectivity index (χ1v) is 3.18. The summed E-state index contributed by atoms with van der Waals surface area (Å²) in [6.45, 7) is 0. The topological polar surface area (TPSA) is 0 Å². The van der Waals surface area contributed by atoms with Crippen LogP contribution in [0.3, 0.4) is 0 Å². The van der Waals surface area contributed by atoms with Crippen LogP contribution in [0.25, 0.3) is 0 Å². The van der Waals surface area contributed by atoms with Crippen molar-refractivity contribution in [3.63, 3.8) is 0 Å². The van der Waals surface area contributed by atoms with E-state index in [4.69, 9.17) is 12.8 Å². The van der Waals surface area contributed by atoms with Gasteiger partial charge in [0.2, 0.25) is 0 Å². The molecule has 0 aromatic carbocycles. The van der Waals surface area contributed by atoms with Crippen LogP contribution < -0.4 is 0 Å². The minimum absolute atomic E-state index is 0.417. The van der Waals surface area contributed by atoms with Crippen LogP contribution in [-0.2, 0) is 0 Å². The summed E-state index contributed by atoms with van der Waals surface area (Å²) in [6.07, 6.45) is 9.60. The van der Waals surface area contributed by atoms with E-state index in [9.17, 15) is 0 Å². The van der Waals surface area contributed by atoms with Gasteiger partial charge in [0.25, 0.3) is 0 Å². The Morgan fingerprint density at radius 2 is 1.60 bits per heavy atom. The monoisotopic (exact) mass is 124 g/mol. The summed E-state index contributed by atoms with van der Waals surface area (Å²) in [5.41, 5.74) is 0. The number of rotatable bonds is 0. The molecule has 0 nitrogen and oxygen atoms in total. The molecular weight excluding hydrogens is 121 g/mol. The zero-order chi connectivity index (χ0) is 4.12. The van der Waals surface area contributed by atoms with E-state index in [2.05, 4.69) is 9.51 Å². The molecular formula is C4H2Ge. The van der Waals surface area contributed by atoms with E-state index in [-0.39, 0.29) is 0 Å². The van der Waals surface area contributed by atoms with Crippen LogP contribution >= 0.6 is 0 Å². The van der Waals surface area contributed by atoms with E-state index in [0.29, 0.717) is 0 Å². The molecule has 0 aliphatic heterocycles. The van der Waals surface area contributed by atoms with Gasteiger partial charge in [-0.2, -0.15) is 0 Å². The Bertz CT molecular complexity index is 68.8. The van der Waals surface area contributed by atoms with E-state index >= 15 is 0 Å². The maximum atomic E-state index is 4.80. The molecule has 22 valence electrons. The van der Waals surface area contributed by atoms with Crippen molar-refractivity contribution in [3.8, 4) is 22.4 Å². The molecule has 0 bridgehead atoms. The predicted octanol–water partition coefficient (Wildman–Crippen LogP) is -0.128. The number of terminal acetylenes is 2. The van der Waals surface area contributed by atoms with Gasteiger partial charge < -0.3 is 0 Å². The third-order valence-corrected chi connectivity index (χ3v) is 0.750. The first-order valence-electron chi connectivity index (χ1n) is 1.08. The Labute approximate surface area is 38.4 Å². The molecule has 0 spiro atoms. The van der Waals surface area contributed by atoms with E-state index in [1.807, 2.05) is 0 Å². The van der Waals surface area contributed by atoms with Crippen LogP contribution in [0.2, 0.25) is 0 Å². The Hall–Kier alpha value is -0.337. The molecule has 0 amide bonds. The fourth-order valence-electron chi connectivity index (χ4n) is 0.0417. The van der Waals surface area contributed by atoms with E-state index < -0.39 is 15.4 Å². The van der Waals surface area contributed by atoms with Crippen LogP contribution in [0.1, 0.15) is 0 Å². The van der Waals surface area contributed by atoms with Gasteiger partial charge in [0.1, 0.15) is 0 Å². The summed E-state index contributed by atoms with van der Waals surface area (Å²) < 4.78 is 4.81. The van der Waals surface area contributed by atoms with Crippen molar-refractivity contribution >= 4 is 15.4 Å². The SMILES string of the molecule is C#[C][Ge][C]#C. The van der Waals surface area contributed by atoms with Gasteiger partial charge in [-0.15, -0.1) is 0 Å². The summed E-state index contributed by atoms with van der Waals surface area (Å²) in [7, 11) is 0. The molecule has 0 aromatic heterocycles. The normalized spacial score (nSPS) is 4.40. The molecule has 0 fully saturated rings. The Balaban J connectivity index is 2.86. The van der Waals surface area contributed by atoms with Gasteiger partial charge >= 0.3 is 37.8 Å². The average Bonchev–Trinajstić information content (AvgIpc) is 1.41. The molecule has 0 N–H and O–H groups in total. The van der Waals surface area contributed by atoms with Gasteiger partial charge in [-0.3, -0.25) is 0 Å². The third-order valence-electron chi connectivity index (χ3n) is 0.144. The molecule has 0 aliphatic rings. The van der Waals surface area contributed by atoms with Crippen molar-refractivity contribution in [1.82, 2.24) is 0 Å². The fraction of sp³-hybridized carbons (Fsp3) is 0. The van der Waals surface area contributed by atoms with Crippen LogP contribution in [-0.4, -0.2) is 15.4 Å². The molecule has 0 rings (SSSR count). The van der Waals surface area contributed by atoms with Crippen molar-refractivity contribution < 1.29 is 0 Å². The third kappa shape index (κ3) is 3.66. The van der Waals surface area contributed by atoms with E-state index in [1.165, 1.54) is 0 Å². The van der Waals surface area contributed by atoms with Crippen LogP contribution in [0.15, 0.2) is 0 Å². The van der Waals surface area contributed by atoms with Gasteiger partial charge in [-0.1, -0.05) is 0 Å². The first-order chi connectivity index (χ1) is 2.41. The molecule has 1 heteroatoms. The molecule has 0 aromatic rings. The van der Waals surface area contributed by atoms with E-state index in [1.54, 1.807) is 0 Å². The molecule has 0 unspecified atom stereocenters. The quantitative estimate of drug-likeness (QED) is 0.310. The van der Waals surface area contributed by atoms with Gasteiger partial charge in [0, 0.05) is 0 Å². The van der Waals surface area contributed by atoms with Crippen LogP contribution in [0.5, 0.6) is 0 Å². The average molecular weight is 123 g/mol. The van der Waals surface area contributed by atoms with Gasteiger partial charge in [-0.05, 0) is 0 Å². The molecule has 0 saturated heterocycles. The molecule has 0 saturated carbocycles. The summed E-state index contributed by atoms with van der Waals surface area (Å²) in [5.74, 6) is 0. The summed E-state index contributed by atoms with van der Waals surface area (Å²) in [5, 5.41) is 0. The second-order valence-electron chi connectivity index (χ2n) is 0.414. The van der Waals surface area contributed by atoms with Crippen molar-refractivity contribution in [3.05, 3.63) is 0 Å². The van der Waals surface area contributed by atoms with Crippen molar-refractivity contribution in [1.29, 1.82) is 0 Å². The van der Waals surface area contributed by atoms with Crippen molar-refractivity contribution in [2.75, 3.05) is 0 Å². The fourth-order valence-corrected chi connectivity index (χ4v) is 0.217. The standard InChI is InChI=1S/C4H2Ge/c1-3-5-4-2/h1-2H. The molecule has 0 atom stereocenters. The summed E-state index contributed by atoms with van der Waals surface area (Å²) in [4.78, 5) is 0.